The van der Waals surface area contributed by atoms with Gasteiger partial charge in [0.2, 0.25) is 0 Å². The Hall–Kier alpha value is -1.55. The van der Waals surface area contributed by atoms with E-state index in [1.54, 1.807) is 6.92 Å². The number of rotatable bonds is 8. The summed E-state index contributed by atoms with van der Waals surface area (Å²) in [4.78, 5) is 11.4. The van der Waals surface area contributed by atoms with Crippen molar-refractivity contribution in [1.82, 2.24) is 5.32 Å². The van der Waals surface area contributed by atoms with Crippen LogP contribution in [0.15, 0.2) is 18.2 Å². The Morgan fingerprint density at radius 1 is 1.29 bits per heavy atom. The normalized spacial score (nSPS) is 14.0. The lowest BCUT2D eigenvalue weighted by atomic mass is 9.95. The maximum absolute atomic E-state index is 11.4. The molecule has 2 N–H and O–H groups in total. The van der Waals surface area contributed by atoms with Gasteiger partial charge >= 0.3 is 5.97 Å². The standard InChI is InChI=1S/C17H27NO3/c1-12(2)18-17(5,16(19)20)7-6-8-21-15-10-13(3)9-14(4)11-15/h9-12,18H,6-8H2,1-5H3,(H,19,20). The molecule has 0 amide bonds. The highest BCUT2D eigenvalue weighted by molar-refractivity contribution is 5.78. The molecule has 1 unspecified atom stereocenters. The van der Waals surface area contributed by atoms with Crippen molar-refractivity contribution in [3.8, 4) is 5.75 Å². The number of aryl methyl sites for hydroxylation is 2. The lowest BCUT2D eigenvalue weighted by molar-refractivity contribution is -0.144. The summed E-state index contributed by atoms with van der Waals surface area (Å²) in [5, 5.41) is 12.5. The van der Waals surface area contributed by atoms with Gasteiger partial charge in [0.05, 0.1) is 6.61 Å². The van der Waals surface area contributed by atoms with Crippen LogP contribution in [0.3, 0.4) is 0 Å². The van der Waals surface area contributed by atoms with E-state index in [-0.39, 0.29) is 6.04 Å². The van der Waals surface area contributed by atoms with Crippen LogP contribution in [-0.4, -0.2) is 29.3 Å². The quantitative estimate of drug-likeness (QED) is 0.722. The molecule has 0 aliphatic carbocycles. The average molecular weight is 293 g/mol. The fourth-order valence-corrected chi connectivity index (χ4v) is 2.51. The van der Waals surface area contributed by atoms with Gasteiger partial charge in [-0.3, -0.25) is 10.1 Å². The number of nitrogens with one attached hydrogen (secondary N) is 1. The minimum Gasteiger partial charge on any atom is -0.494 e. The van der Waals surface area contributed by atoms with Crippen LogP contribution >= 0.6 is 0 Å². The Labute approximate surface area is 127 Å². The molecule has 118 valence electrons. The van der Waals surface area contributed by atoms with Gasteiger partial charge < -0.3 is 9.84 Å². The molecule has 0 aromatic heterocycles. The van der Waals surface area contributed by atoms with Crippen molar-refractivity contribution in [2.45, 2.75) is 59.0 Å². The summed E-state index contributed by atoms with van der Waals surface area (Å²) < 4.78 is 5.73. The van der Waals surface area contributed by atoms with Gasteiger partial charge in [0, 0.05) is 6.04 Å². The summed E-state index contributed by atoms with van der Waals surface area (Å²) >= 11 is 0. The minimum atomic E-state index is -0.903. The number of benzene rings is 1. The van der Waals surface area contributed by atoms with Crippen molar-refractivity contribution in [3.63, 3.8) is 0 Å². The molecule has 0 saturated heterocycles. The lowest BCUT2D eigenvalue weighted by Crippen LogP contribution is -2.52. The third-order valence-electron chi connectivity index (χ3n) is 3.36. The van der Waals surface area contributed by atoms with Crippen LogP contribution in [0.4, 0.5) is 0 Å². The number of carbonyl (C=O) groups is 1. The molecule has 0 heterocycles. The summed E-state index contributed by atoms with van der Waals surface area (Å²) in [6, 6.07) is 6.22. The Morgan fingerprint density at radius 3 is 2.33 bits per heavy atom. The molecule has 0 aliphatic rings. The second-order valence-electron chi connectivity index (χ2n) is 6.21. The smallest absolute Gasteiger partial charge is 0.323 e. The number of carboxylic acid groups (broad SMARTS) is 1. The molecule has 1 rings (SSSR count). The van der Waals surface area contributed by atoms with Crippen molar-refractivity contribution in [1.29, 1.82) is 0 Å². The monoisotopic (exact) mass is 293 g/mol. The Kier molecular flexibility index (Phi) is 6.21. The molecule has 1 atom stereocenters. The zero-order valence-electron chi connectivity index (χ0n) is 13.7. The largest absolute Gasteiger partial charge is 0.494 e. The van der Waals surface area contributed by atoms with Gasteiger partial charge in [0.15, 0.2) is 0 Å². The lowest BCUT2D eigenvalue weighted by Gasteiger charge is -2.28. The highest BCUT2D eigenvalue weighted by Gasteiger charge is 2.32. The zero-order chi connectivity index (χ0) is 16.0. The Morgan fingerprint density at radius 2 is 1.86 bits per heavy atom. The molecule has 0 fully saturated rings. The van der Waals surface area contributed by atoms with Crippen LogP contribution in [0.5, 0.6) is 5.75 Å². The van der Waals surface area contributed by atoms with Gasteiger partial charge in [0.25, 0.3) is 0 Å². The van der Waals surface area contributed by atoms with E-state index in [9.17, 15) is 9.90 Å². The first-order chi connectivity index (χ1) is 9.73. The van der Waals surface area contributed by atoms with Gasteiger partial charge in [-0.05, 0) is 70.7 Å². The van der Waals surface area contributed by atoms with Gasteiger partial charge in [-0.1, -0.05) is 6.07 Å². The van der Waals surface area contributed by atoms with Gasteiger partial charge in [-0.25, -0.2) is 0 Å². The van der Waals surface area contributed by atoms with Gasteiger partial charge in [-0.2, -0.15) is 0 Å². The molecule has 1 aromatic rings. The second kappa shape index (κ2) is 7.46. The van der Waals surface area contributed by atoms with Crippen LogP contribution in [0, 0.1) is 13.8 Å². The minimum absolute atomic E-state index is 0.131. The van der Waals surface area contributed by atoms with Crippen LogP contribution in [-0.2, 0) is 4.79 Å². The van der Waals surface area contributed by atoms with Gasteiger partial charge in [0.1, 0.15) is 11.3 Å². The van der Waals surface area contributed by atoms with E-state index in [1.807, 2.05) is 39.8 Å². The fraction of sp³-hybridized carbons (Fsp3) is 0.588. The Balaban J connectivity index is 2.49. The highest BCUT2D eigenvalue weighted by atomic mass is 16.5. The third-order valence-corrected chi connectivity index (χ3v) is 3.36. The van der Waals surface area contributed by atoms with E-state index in [0.29, 0.717) is 19.4 Å². The number of hydrogen-bond acceptors (Lipinski definition) is 3. The first-order valence-corrected chi connectivity index (χ1v) is 7.45. The van der Waals surface area contributed by atoms with E-state index in [0.717, 1.165) is 5.75 Å². The van der Waals surface area contributed by atoms with Crippen molar-refractivity contribution in [3.05, 3.63) is 29.3 Å². The van der Waals surface area contributed by atoms with Crippen molar-refractivity contribution in [2.24, 2.45) is 0 Å². The molecule has 4 nitrogen and oxygen atoms in total. The first kappa shape index (κ1) is 17.5. The van der Waals surface area contributed by atoms with Crippen LogP contribution < -0.4 is 10.1 Å². The van der Waals surface area contributed by atoms with E-state index < -0.39 is 11.5 Å². The number of hydrogen-bond donors (Lipinski definition) is 2. The molecule has 0 radical (unpaired) electrons. The number of carboxylic acids is 1. The summed E-state index contributed by atoms with van der Waals surface area (Å²) in [7, 11) is 0. The maximum Gasteiger partial charge on any atom is 0.323 e. The highest BCUT2D eigenvalue weighted by Crippen LogP contribution is 2.18. The first-order valence-electron chi connectivity index (χ1n) is 7.45. The number of ether oxygens (including phenoxy) is 1. The molecule has 0 saturated carbocycles. The SMILES string of the molecule is Cc1cc(C)cc(OCCCC(C)(NC(C)C)C(=O)O)c1. The predicted octanol–water partition coefficient (Wildman–Crippen LogP) is 3.30. The molecule has 0 bridgehead atoms. The molecular formula is C17H27NO3. The van der Waals surface area contributed by atoms with Crippen LogP contribution in [0.25, 0.3) is 0 Å². The molecule has 1 aromatic carbocycles. The molecule has 21 heavy (non-hydrogen) atoms. The van der Waals surface area contributed by atoms with E-state index in [2.05, 4.69) is 11.4 Å². The fourth-order valence-electron chi connectivity index (χ4n) is 2.51. The van der Waals surface area contributed by atoms with Gasteiger partial charge in [-0.15, -0.1) is 0 Å². The molecule has 4 heteroatoms. The van der Waals surface area contributed by atoms with Crippen LogP contribution in [0.1, 0.15) is 44.7 Å². The van der Waals surface area contributed by atoms with Crippen molar-refractivity contribution < 1.29 is 14.6 Å². The van der Waals surface area contributed by atoms with E-state index in [4.69, 9.17) is 4.74 Å². The third kappa shape index (κ3) is 5.76. The van der Waals surface area contributed by atoms with Crippen molar-refractivity contribution >= 4 is 5.97 Å². The van der Waals surface area contributed by atoms with Crippen molar-refractivity contribution in [2.75, 3.05) is 6.61 Å². The summed E-state index contributed by atoms with van der Waals surface area (Å²) in [5.74, 6) is 0.0314. The summed E-state index contributed by atoms with van der Waals surface area (Å²) in [6.45, 7) is 10.2. The zero-order valence-corrected chi connectivity index (χ0v) is 13.7. The van der Waals surface area contributed by atoms with Crippen LogP contribution in [0.2, 0.25) is 0 Å². The maximum atomic E-state index is 11.4. The average Bonchev–Trinajstić information content (AvgIpc) is 2.32. The van der Waals surface area contributed by atoms with E-state index >= 15 is 0 Å². The molecule has 0 spiro atoms. The topological polar surface area (TPSA) is 58.6 Å². The molecular weight excluding hydrogens is 266 g/mol. The summed E-state index contributed by atoms with van der Waals surface area (Å²) in [6.07, 6.45) is 1.22. The number of aliphatic carboxylic acids is 1. The summed E-state index contributed by atoms with van der Waals surface area (Å²) in [5.41, 5.74) is 1.43. The Bertz CT molecular complexity index is 465. The second-order valence-corrected chi connectivity index (χ2v) is 6.21. The molecule has 0 aliphatic heterocycles. The van der Waals surface area contributed by atoms with E-state index in [1.165, 1.54) is 11.1 Å². The predicted molar refractivity (Wildman–Crippen MR) is 85.0 cm³/mol.